The van der Waals surface area contributed by atoms with Crippen molar-refractivity contribution in [2.75, 3.05) is 13.2 Å². The summed E-state index contributed by atoms with van der Waals surface area (Å²) in [5.74, 6) is -10.3. The fourth-order valence-electron chi connectivity index (χ4n) is 0.997. The van der Waals surface area contributed by atoms with E-state index in [4.69, 9.17) is 0 Å². The molecular formula is C6H7F6NO. The minimum absolute atomic E-state index is 0.440. The lowest BCUT2D eigenvalue weighted by Crippen LogP contribution is -2.68. The Kier molecular flexibility index (Phi) is 2.47. The van der Waals surface area contributed by atoms with E-state index in [0.717, 1.165) is 6.92 Å². The highest BCUT2D eigenvalue weighted by Crippen LogP contribution is 2.50. The number of rotatable bonds is 1. The van der Waals surface area contributed by atoms with E-state index in [1.165, 1.54) is 0 Å². The predicted octanol–water partition coefficient (Wildman–Crippen LogP) is 2.12. The van der Waals surface area contributed by atoms with Crippen LogP contribution in [0.3, 0.4) is 0 Å². The Morgan fingerprint density at radius 3 is 2.07 bits per heavy atom. The molecule has 1 aliphatic rings. The molecule has 0 bridgehead atoms. The first-order valence-corrected chi connectivity index (χ1v) is 3.71. The topological polar surface area (TPSA) is 12.5 Å². The van der Waals surface area contributed by atoms with Gasteiger partial charge in [0.1, 0.15) is 6.61 Å². The first-order chi connectivity index (χ1) is 6.17. The van der Waals surface area contributed by atoms with Crippen LogP contribution in [0.2, 0.25) is 0 Å². The highest BCUT2D eigenvalue weighted by atomic mass is 19.3. The van der Waals surface area contributed by atoms with Crippen molar-refractivity contribution in [2.24, 2.45) is 0 Å². The summed E-state index contributed by atoms with van der Waals surface area (Å²) in [5.41, 5.74) is 0. The number of hydroxylamine groups is 2. The van der Waals surface area contributed by atoms with Gasteiger partial charge in [0, 0.05) is 6.54 Å². The quantitative estimate of drug-likeness (QED) is 0.498. The van der Waals surface area contributed by atoms with Crippen molar-refractivity contribution in [3.63, 3.8) is 0 Å². The van der Waals surface area contributed by atoms with Crippen molar-refractivity contribution >= 4 is 0 Å². The Labute approximate surface area is 75.4 Å². The van der Waals surface area contributed by atoms with Gasteiger partial charge in [0.2, 0.25) is 0 Å². The molecule has 1 rings (SSSR count). The SMILES string of the molecule is CCN1OCC(F)(F)C(F)(F)C1(F)F. The summed E-state index contributed by atoms with van der Waals surface area (Å²) in [7, 11) is 0. The molecular weight excluding hydrogens is 216 g/mol. The number of halogens is 6. The van der Waals surface area contributed by atoms with E-state index in [1.807, 2.05) is 0 Å². The van der Waals surface area contributed by atoms with Gasteiger partial charge in [0.05, 0.1) is 0 Å². The summed E-state index contributed by atoms with van der Waals surface area (Å²) < 4.78 is 75.4. The number of hydrogen-bond donors (Lipinski definition) is 0. The van der Waals surface area contributed by atoms with Gasteiger partial charge in [-0.05, 0) is 6.92 Å². The van der Waals surface area contributed by atoms with Crippen LogP contribution in [0.25, 0.3) is 0 Å². The molecule has 1 fully saturated rings. The lowest BCUT2D eigenvalue weighted by molar-refractivity contribution is -0.468. The van der Waals surface area contributed by atoms with Crippen LogP contribution in [-0.4, -0.2) is 36.1 Å². The van der Waals surface area contributed by atoms with Gasteiger partial charge in [-0.25, -0.2) is 0 Å². The lowest BCUT2D eigenvalue weighted by atomic mass is 10.1. The fraction of sp³-hybridized carbons (Fsp3) is 1.00. The van der Waals surface area contributed by atoms with Crippen LogP contribution in [0.1, 0.15) is 6.92 Å². The first kappa shape index (κ1) is 11.6. The van der Waals surface area contributed by atoms with Gasteiger partial charge in [-0.2, -0.15) is 26.3 Å². The summed E-state index contributed by atoms with van der Waals surface area (Å²) >= 11 is 0. The molecule has 0 atom stereocenters. The second kappa shape index (κ2) is 2.99. The molecule has 0 N–H and O–H groups in total. The Morgan fingerprint density at radius 1 is 1.14 bits per heavy atom. The van der Waals surface area contributed by atoms with Crippen molar-refractivity contribution in [1.29, 1.82) is 0 Å². The zero-order valence-corrected chi connectivity index (χ0v) is 7.04. The third kappa shape index (κ3) is 1.28. The normalized spacial score (nSPS) is 30.2. The standard InChI is InChI=1S/C6H7F6NO/c1-2-13-6(11,12)5(9,10)4(7,8)3-14-13/h2-3H2,1H3. The van der Waals surface area contributed by atoms with E-state index >= 15 is 0 Å². The number of alkyl halides is 6. The minimum Gasteiger partial charge on any atom is -0.287 e. The van der Waals surface area contributed by atoms with E-state index in [1.54, 1.807) is 0 Å². The molecule has 0 unspecified atom stereocenters. The minimum atomic E-state index is -5.42. The summed E-state index contributed by atoms with van der Waals surface area (Å²) in [4.78, 5) is 3.85. The van der Waals surface area contributed by atoms with Gasteiger partial charge < -0.3 is 0 Å². The Bertz CT molecular complexity index is 230. The van der Waals surface area contributed by atoms with Crippen LogP contribution < -0.4 is 0 Å². The maximum absolute atomic E-state index is 12.7. The molecule has 1 heterocycles. The summed E-state index contributed by atoms with van der Waals surface area (Å²) in [6, 6.07) is -5.00. The van der Waals surface area contributed by atoms with E-state index in [-0.39, 0.29) is 0 Å². The molecule has 0 saturated carbocycles. The summed E-state index contributed by atoms with van der Waals surface area (Å²) in [6.07, 6.45) is 0. The molecule has 84 valence electrons. The summed E-state index contributed by atoms with van der Waals surface area (Å²) in [6.45, 7) is -1.27. The second-order valence-corrected chi connectivity index (χ2v) is 2.79. The molecule has 0 aromatic heterocycles. The molecule has 8 heteroatoms. The first-order valence-electron chi connectivity index (χ1n) is 3.71. The molecule has 0 aromatic rings. The molecule has 1 aliphatic heterocycles. The maximum atomic E-state index is 12.7. The molecule has 0 spiro atoms. The Balaban J connectivity index is 3.06. The van der Waals surface area contributed by atoms with Gasteiger partial charge in [-0.3, -0.25) is 4.84 Å². The monoisotopic (exact) mass is 223 g/mol. The lowest BCUT2D eigenvalue weighted by Gasteiger charge is -2.42. The average Bonchev–Trinajstić information content (AvgIpc) is 2.02. The van der Waals surface area contributed by atoms with Crippen LogP contribution in [0.4, 0.5) is 26.3 Å². The van der Waals surface area contributed by atoms with Gasteiger partial charge in [-0.15, -0.1) is 5.06 Å². The van der Waals surface area contributed by atoms with Crippen molar-refractivity contribution in [2.45, 2.75) is 24.8 Å². The predicted molar refractivity (Wildman–Crippen MR) is 33.2 cm³/mol. The molecule has 0 radical (unpaired) electrons. The van der Waals surface area contributed by atoms with Crippen LogP contribution >= 0.6 is 0 Å². The van der Waals surface area contributed by atoms with E-state index in [2.05, 4.69) is 4.84 Å². The zero-order chi connectivity index (χ0) is 11.2. The van der Waals surface area contributed by atoms with Crippen molar-refractivity contribution in [3.05, 3.63) is 0 Å². The molecule has 0 aromatic carbocycles. The third-order valence-corrected chi connectivity index (χ3v) is 1.84. The number of nitrogens with zero attached hydrogens (tertiary/aromatic N) is 1. The van der Waals surface area contributed by atoms with Crippen LogP contribution in [0.15, 0.2) is 0 Å². The van der Waals surface area contributed by atoms with Gasteiger partial charge in [0.15, 0.2) is 0 Å². The second-order valence-electron chi connectivity index (χ2n) is 2.79. The van der Waals surface area contributed by atoms with Crippen LogP contribution in [-0.2, 0) is 4.84 Å². The van der Waals surface area contributed by atoms with E-state index in [9.17, 15) is 26.3 Å². The van der Waals surface area contributed by atoms with E-state index in [0.29, 0.717) is 0 Å². The van der Waals surface area contributed by atoms with Crippen LogP contribution in [0.5, 0.6) is 0 Å². The highest BCUT2D eigenvalue weighted by molar-refractivity contribution is 4.97. The zero-order valence-electron chi connectivity index (χ0n) is 7.04. The fourth-order valence-corrected chi connectivity index (χ4v) is 0.997. The van der Waals surface area contributed by atoms with Crippen molar-refractivity contribution in [3.8, 4) is 0 Å². The van der Waals surface area contributed by atoms with E-state index < -0.39 is 36.1 Å². The smallest absolute Gasteiger partial charge is 0.287 e. The third-order valence-electron chi connectivity index (χ3n) is 1.84. The average molecular weight is 223 g/mol. The Hall–Kier alpha value is -0.500. The van der Waals surface area contributed by atoms with Gasteiger partial charge in [-0.1, -0.05) is 0 Å². The molecule has 1 saturated heterocycles. The number of hydrogen-bond acceptors (Lipinski definition) is 2. The van der Waals surface area contributed by atoms with Crippen LogP contribution in [0, 0.1) is 0 Å². The highest BCUT2D eigenvalue weighted by Gasteiger charge is 2.77. The van der Waals surface area contributed by atoms with Crippen molar-refractivity contribution < 1.29 is 31.2 Å². The maximum Gasteiger partial charge on any atom is 0.394 e. The molecule has 2 nitrogen and oxygen atoms in total. The van der Waals surface area contributed by atoms with Gasteiger partial charge >= 0.3 is 17.9 Å². The molecule has 0 aliphatic carbocycles. The summed E-state index contributed by atoms with van der Waals surface area (Å²) in [5, 5.41) is -0.440. The molecule has 14 heavy (non-hydrogen) atoms. The van der Waals surface area contributed by atoms with Gasteiger partial charge in [0.25, 0.3) is 0 Å². The van der Waals surface area contributed by atoms with Crippen molar-refractivity contribution in [1.82, 2.24) is 5.06 Å². The largest absolute Gasteiger partial charge is 0.394 e. The molecule has 0 amide bonds. The Morgan fingerprint density at radius 2 is 1.64 bits per heavy atom.